The van der Waals surface area contributed by atoms with Crippen molar-refractivity contribution < 1.29 is 13.6 Å². The van der Waals surface area contributed by atoms with Crippen molar-refractivity contribution in [3.05, 3.63) is 34.9 Å². The van der Waals surface area contributed by atoms with Crippen LogP contribution in [-0.2, 0) is 9.84 Å². The Labute approximate surface area is 93.1 Å². The number of sulfone groups is 1. The monoisotopic (exact) mass is 247 g/mol. The average molecular weight is 248 g/mol. The summed E-state index contributed by atoms with van der Waals surface area (Å²) in [6, 6.07) is 6.49. The van der Waals surface area contributed by atoms with Gasteiger partial charge in [-0.15, -0.1) is 0 Å². The Morgan fingerprint density at radius 3 is 2.67 bits per heavy atom. The molecule has 0 radical (unpaired) electrons. The molecule has 0 unspecified atom stereocenters. The molecule has 0 fully saturated rings. The SMILES string of the molecule is CS(=O)(=O)CC(=NO)c1cccc(Cl)c1. The van der Waals surface area contributed by atoms with Gasteiger partial charge in [-0.1, -0.05) is 28.9 Å². The van der Waals surface area contributed by atoms with Gasteiger partial charge in [-0.3, -0.25) is 0 Å². The highest BCUT2D eigenvalue weighted by Crippen LogP contribution is 2.12. The van der Waals surface area contributed by atoms with Crippen LogP contribution in [0.15, 0.2) is 29.4 Å². The normalized spacial score (nSPS) is 12.8. The fraction of sp³-hybridized carbons (Fsp3) is 0.222. The predicted molar refractivity (Wildman–Crippen MR) is 59.5 cm³/mol. The average Bonchev–Trinajstić information content (AvgIpc) is 2.13. The molecule has 0 aliphatic rings. The third-order valence-corrected chi connectivity index (χ3v) is 2.71. The molecule has 0 aliphatic carbocycles. The molecule has 0 amide bonds. The molecular weight excluding hydrogens is 238 g/mol. The lowest BCUT2D eigenvalue weighted by atomic mass is 10.1. The fourth-order valence-electron chi connectivity index (χ4n) is 1.09. The Bertz CT molecular complexity index is 482. The fourth-order valence-corrected chi connectivity index (χ4v) is 2.00. The molecule has 1 aromatic rings. The first-order valence-electron chi connectivity index (χ1n) is 4.07. The predicted octanol–water partition coefficient (Wildman–Crippen LogP) is 1.56. The number of hydrogen-bond acceptors (Lipinski definition) is 4. The van der Waals surface area contributed by atoms with Gasteiger partial charge in [-0.25, -0.2) is 8.42 Å². The maximum absolute atomic E-state index is 11.0. The molecule has 4 nitrogen and oxygen atoms in total. The van der Waals surface area contributed by atoms with Crippen LogP contribution < -0.4 is 0 Å². The molecule has 0 saturated heterocycles. The summed E-state index contributed by atoms with van der Waals surface area (Å²) in [5.41, 5.74) is 0.579. The van der Waals surface area contributed by atoms with Gasteiger partial charge in [0.25, 0.3) is 0 Å². The molecule has 0 aromatic heterocycles. The van der Waals surface area contributed by atoms with Crippen LogP contribution in [0.1, 0.15) is 5.56 Å². The number of hydrogen-bond donors (Lipinski definition) is 1. The first-order valence-corrected chi connectivity index (χ1v) is 6.51. The molecule has 0 heterocycles. The van der Waals surface area contributed by atoms with Crippen molar-refractivity contribution in [1.29, 1.82) is 0 Å². The van der Waals surface area contributed by atoms with Crippen LogP contribution in [0.2, 0.25) is 5.02 Å². The first-order chi connectivity index (χ1) is 6.92. The van der Waals surface area contributed by atoms with E-state index in [4.69, 9.17) is 16.8 Å². The van der Waals surface area contributed by atoms with Gasteiger partial charge in [0.2, 0.25) is 0 Å². The Kier molecular flexibility index (Phi) is 3.71. The summed E-state index contributed by atoms with van der Waals surface area (Å²) in [4.78, 5) is 0. The van der Waals surface area contributed by atoms with E-state index in [2.05, 4.69) is 5.16 Å². The van der Waals surface area contributed by atoms with Crippen LogP contribution in [0.4, 0.5) is 0 Å². The van der Waals surface area contributed by atoms with Crippen LogP contribution >= 0.6 is 11.6 Å². The highest BCUT2D eigenvalue weighted by molar-refractivity contribution is 7.91. The zero-order valence-electron chi connectivity index (χ0n) is 8.01. The minimum absolute atomic E-state index is 0.0833. The van der Waals surface area contributed by atoms with Crippen molar-refractivity contribution in [2.45, 2.75) is 0 Å². The van der Waals surface area contributed by atoms with Gasteiger partial charge in [0.1, 0.15) is 5.71 Å². The van der Waals surface area contributed by atoms with Crippen molar-refractivity contribution in [3.63, 3.8) is 0 Å². The van der Waals surface area contributed by atoms with E-state index in [-0.39, 0.29) is 11.5 Å². The summed E-state index contributed by atoms with van der Waals surface area (Å²) in [7, 11) is -3.23. The molecule has 0 atom stereocenters. The maximum atomic E-state index is 11.0. The number of benzene rings is 1. The van der Waals surface area contributed by atoms with Crippen LogP contribution in [0.25, 0.3) is 0 Å². The van der Waals surface area contributed by atoms with Gasteiger partial charge in [0.05, 0.1) is 5.75 Å². The molecular formula is C9H10ClNO3S. The van der Waals surface area contributed by atoms with E-state index in [1.54, 1.807) is 24.3 Å². The van der Waals surface area contributed by atoms with E-state index in [1.165, 1.54) is 0 Å². The molecule has 1 aromatic carbocycles. The van der Waals surface area contributed by atoms with Crippen LogP contribution in [0, 0.1) is 0 Å². The zero-order valence-corrected chi connectivity index (χ0v) is 9.59. The quantitative estimate of drug-likeness (QED) is 0.501. The lowest BCUT2D eigenvalue weighted by Gasteiger charge is -2.03. The number of nitrogens with zero attached hydrogens (tertiary/aromatic N) is 1. The molecule has 1 N–H and O–H groups in total. The smallest absolute Gasteiger partial charge is 0.153 e. The van der Waals surface area contributed by atoms with E-state index in [1.807, 2.05) is 0 Å². The van der Waals surface area contributed by atoms with Gasteiger partial charge < -0.3 is 5.21 Å². The van der Waals surface area contributed by atoms with Crippen molar-refractivity contribution in [3.8, 4) is 0 Å². The van der Waals surface area contributed by atoms with Gasteiger partial charge in [-0.05, 0) is 12.1 Å². The molecule has 82 valence electrons. The number of halogens is 1. The van der Waals surface area contributed by atoms with E-state index < -0.39 is 9.84 Å². The van der Waals surface area contributed by atoms with Gasteiger partial charge in [0, 0.05) is 16.8 Å². The lowest BCUT2D eigenvalue weighted by molar-refractivity contribution is 0.319. The van der Waals surface area contributed by atoms with Crippen molar-refractivity contribution in [2.75, 3.05) is 12.0 Å². The summed E-state index contributed by atoms with van der Waals surface area (Å²) in [6.45, 7) is 0. The molecule has 1 rings (SSSR count). The topological polar surface area (TPSA) is 66.7 Å². The minimum Gasteiger partial charge on any atom is -0.411 e. The Morgan fingerprint density at radius 1 is 1.53 bits per heavy atom. The zero-order chi connectivity index (χ0) is 11.5. The molecule has 6 heteroatoms. The van der Waals surface area contributed by atoms with Crippen molar-refractivity contribution in [2.24, 2.45) is 5.16 Å². The minimum atomic E-state index is -3.23. The summed E-state index contributed by atoms with van der Waals surface area (Å²) >= 11 is 5.73. The first kappa shape index (κ1) is 12.0. The van der Waals surface area contributed by atoms with E-state index in [9.17, 15) is 8.42 Å². The van der Waals surface area contributed by atoms with Crippen molar-refractivity contribution in [1.82, 2.24) is 0 Å². The standard InChI is InChI=1S/C9H10ClNO3S/c1-15(13,14)6-9(11-12)7-3-2-4-8(10)5-7/h2-5,12H,6H2,1H3. The van der Waals surface area contributed by atoms with Crippen molar-refractivity contribution >= 4 is 27.1 Å². The highest BCUT2D eigenvalue weighted by atomic mass is 35.5. The maximum Gasteiger partial charge on any atom is 0.153 e. The third kappa shape index (κ3) is 3.89. The van der Waals surface area contributed by atoms with E-state index >= 15 is 0 Å². The Morgan fingerprint density at radius 2 is 2.20 bits per heavy atom. The highest BCUT2D eigenvalue weighted by Gasteiger charge is 2.12. The van der Waals surface area contributed by atoms with Gasteiger partial charge in [-0.2, -0.15) is 0 Å². The second kappa shape index (κ2) is 4.63. The molecule has 0 aliphatic heterocycles. The second-order valence-electron chi connectivity index (χ2n) is 3.13. The molecule has 0 spiro atoms. The molecule has 0 saturated carbocycles. The van der Waals surface area contributed by atoms with Crippen LogP contribution in [-0.4, -0.2) is 31.3 Å². The summed E-state index contributed by atoms with van der Waals surface area (Å²) < 4.78 is 22.1. The summed E-state index contributed by atoms with van der Waals surface area (Å²) in [6.07, 6.45) is 1.07. The number of rotatable bonds is 3. The lowest BCUT2D eigenvalue weighted by Crippen LogP contribution is -2.15. The third-order valence-electron chi connectivity index (χ3n) is 1.68. The number of oxime groups is 1. The largest absolute Gasteiger partial charge is 0.411 e. The van der Waals surface area contributed by atoms with E-state index in [0.717, 1.165) is 6.26 Å². The van der Waals surface area contributed by atoms with E-state index in [0.29, 0.717) is 10.6 Å². The molecule has 0 bridgehead atoms. The summed E-state index contributed by atoms with van der Waals surface area (Å²) in [5, 5.41) is 12.1. The summed E-state index contributed by atoms with van der Waals surface area (Å²) in [5.74, 6) is -0.316. The van der Waals surface area contributed by atoms with Crippen LogP contribution in [0.5, 0.6) is 0 Å². The molecule has 15 heavy (non-hydrogen) atoms. The second-order valence-corrected chi connectivity index (χ2v) is 5.70. The Hall–Kier alpha value is -1.07. The van der Waals surface area contributed by atoms with Gasteiger partial charge in [0.15, 0.2) is 9.84 Å². The van der Waals surface area contributed by atoms with Crippen LogP contribution in [0.3, 0.4) is 0 Å². The Balaban J connectivity index is 3.05. The van der Waals surface area contributed by atoms with Gasteiger partial charge >= 0.3 is 0 Å².